The maximum absolute atomic E-state index is 6.18. The fraction of sp³-hybridized carbons (Fsp3) is 0.0769. The molecule has 94 valence electrons. The zero-order valence-electron chi connectivity index (χ0n) is 9.71. The van der Waals surface area contributed by atoms with Crippen LogP contribution in [0.3, 0.4) is 0 Å². The van der Waals surface area contributed by atoms with Gasteiger partial charge in [0.1, 0.15) is 5.15 Å². The lowest BCUT2D eigenvalue weighted by Crippen LogP contribution is -1.94. The number of nitrogens with zero attached hydrogens (tertiary/aromatic N) is 3. The second-order valence-corrected chi connectivity index (χ2v) is 4.52. The highest BCUT2D eigenvalue weighted by molar-refractivity contribution is 6.30. The topological polar surface area (TPSA) is 48.7 Å². The Labute approximate surface area is 113 Å². The summed E-state index contributed by atoms with van der Waals surface area (Å²) < 4.78 is 12.2. The first-order valence-corrected chi connectivity index (χ1v) is 6.09. The molecule has 19 heavy (non-hydrogen) atoms. The molecule has 3 aromatic rings. The summed E-state index contributed by atoms with van der Waals surface area (Å²) in [5.41, 5.74) is 2.41. The lowest BCUT2D eigenvalue weighted by atomic mass is 10.1. The van der Waals surface area contributed by atoms with Gasteiger partial charge >= 0.3 is 0 Å². The van der Waals surface area contributed by atoms with Crippen molar-refractivity contribution in [2.75, 3.05) is 6.79 Å². The summed E-state index contributed by atoms with van der Waals surface area (Å²) in [4.78, 5) is 4.51. The van der Waals surface area contributed by atoms with Crippen LogP contribution in [-0.4, -0.2) is 21.4 Å². The molecule has 0 N–H and O–H groups in total. The molecule has 1 aliphatic heterocycles. The maximum atomic E-state index is 6.18. The van der Waals surface area contributed by atoms with Crippen LogP contribution in [-0.2, 0) is 0 Å². The van der Waals surface area contributed by atoms with Gasteiger partial charge in [0.15, 0.2) is 17.1 Å². The van der Waals surface area contributed by atoms with E-state index in [9.17, 15) is 0 Å². The van der Waals surface area contributed by atoms with Crippen LogP contribution in [0.2, 0.25) is 5.15 Å². The number of hydrogen-bond donors (Lipinski definition) is 0. The average molecular weight is 274 g/mol. The Hall–Kier alpha value is -2.27. The average Bonchev–Trinajstić information content (AvgIpc) is 3.06. The standard InChI is InChI=1S/C13H8ClN3O2/c14-12-6-9(16-13-3-4-15-17(12)13)8-1-2-10-11(5-8)19-7-18-10/h1-6H,7H2. The molecule has 5 nitrogen and oxygen atoms in total. The summed E-state index contributed by atoms with van der Waals surface area (Å²) in [6, 6.07) is 9.28. The lowest BCUT2D eigenvalue weighted by Gasteiger charge is -2.04. The van der Waals surface area contributed by atoms with Crippen LogP contribution in [0, 0.1) is 0 Å². The minimum atomic E-state index is 0.259. The van der Waals surface area contributed by atoms with Crippen LogP contribution in [0.25, 0.3) is 16.9 Å². The molecule has 0 radical (unpaired) electrons. The summed E-state index contributed by atoms with van der Waals surface area (Å²) >= 11 is 6.18. The highest BCUT2D eigenvalue weighted by Crippen LogP contribution is 2.35. The van der Waals surface area contributed by atoms with E-state index >= 15 is 0 Å². The summed E-state index contributed by atoms with van der Waals surface area (Å²) in [6.45, 7) is 0.259. The fourth-order valence-electron chi connectivity index (χ4n) is 2.08. The van der Waals surface area contributed by atoms with Crippen LogP contribution < -0.4 is 9.47 Å². The molecule has 0 unspecified atom stereocenters. The molecule has 1 aliphatic rings. The third-order valence-corrected chi connectivity index (χ3v) is 3.25. The van der Waals surface area contributed by atoms with Gasteiger partial charge in [-0.05, 0) is 18.2 Å². The quantitative estimate of drug-likeness (QED) is 0.640. The third-order valence-electron chi connectivity index (χ3n) is 2.98. The Bertz CT molecular complexity index is 785. The predicted molar refractivity (Wildman–Crippen MR) is 69.6 cm³/mol. The number of ether oxygens (including phenoxy) is 2. The van der Waals surface area contributed by atoms with E-state index < -0.39 is 0 Å². The number of hydrogen-bond acceptors (Lipinski definition) is 4. The van der Waals surface area contributed by atoms with E-state index in [-0.39, 0.29) is 6.79 Å². The normalized spacial score (nSPS) is 13.1. The van der Waals surface area contributed by atoms with Crippen LogP contribution in [0.5, 0.6) is 11.5 Å². The van der Waals surface area contributed by atoms with Crippen molar-refractivity contribution in [2.24, 2.45) is 0 Å². The first-order valence-electron chi connectivity index (χ1n) is 5.71. The number of rotatable bonds is 1. The number of fused-ring (bicyclic) bond motifs is 2. The van der Waals surface area contributed by atoms with Crippen LogP contribution in [0.15, 0.2) is 36.5 Å². The van der Waals surface area contributed by atoms with E-state index in [1.807, 2.05) is 24.3 Å². The Morgan fingerprint density at radius 2 is 2.00 bits per heavy atom. The van der Waals surface area contributed by atoms with E-state index in [4.69, 9.17) is 21.1 Å². The monoisotopic (exact) mass is 273 g/mol. The fourth-order valence-corrected chi connectivity index (χ4v) is 2.31. The first-order chi connectivity index (χ1) is 9.31. The third kappa shape index (κ3) is 1.62. The highest BCUT2D eigenvalue weighted by Gasteiger charge is 2.15. The van der Waals surface area contributed by atoms with Crippen molar-refractivity contribution in [1.29, 1.82) is 0 Å². The minimum Gasteiger partial charge on any atom is -0.454 e. The van der Waals surface area contributed by atoms with Crippen molar-refractivity contribution in [1.82, 2.24) is 14.6 Å². The Kier molecular flexibility index (Phi) is 2.16. The second kappa shape index (κ2) is 3.86. The van der Waals surface area contributed by atoms with E-state index in [0.717, 1.165) is 22.8 Å². The van der Waals surface area contributed by atoms with Crippen LogP contribution in [0.4, 0.5) is 0 Å². The molecule has 3 heterocycles. The molecule has 0 amide bonds. The van der Waals surface area contributed by atoms with E-state index in [1.54, 1.807) is 16.8 Å². The van der Waals surface area contributed by atoms with Crippen molar-refractivity contribution >= 4 is 17.2 Å². The molecular formula is C13H8ClN3O2. The van der Waals surface area contributed by atoms with Crippen molar-refractivity contribution in [3.63, 3.8) is 0 Å². The maximum Gasteiger partial charge on any atom is 0.231 e. The molecule has 0 saturated carbocycles. The number of benzene rings is 1. The molecule has 0 saturated heterocycles. The number of aromatic nitrogens is 3. The van der Waals surface area contributed by atoms with Crippen molar-refractivity contribution < 1.29 is 9.47 Å². The molecule has 0 aliphatic carbocycles. The van der Waals surface area contributed by atoms with Crippen LogP contribution >= 0.6 is 11.6 Å². The van der Waals surface area contributed by atoms with E-state index in [2.05, 4.69) is 10.1 Å². The summed E-state index contributed by atoms with van der Waals surface area (Å²) in [7, 11) is 0. The van der Waals surface area contributed by atoms with Crippen molar-refractivity contribution in [2.45, 2.75) is 0 Å². The lowest BCUT2D eigenvalue weighted by molar-refractivity contribution is 0.174. The van der Waals surface area contributed by atoms with Gasteiger partial charge in [-0.15, -0.1) is 0 Å². The van der Waals surface area contributed by atoms with Gasteiger partial charge in [-0.3, -0.25) is 0 Å². The smallest absolute Gasteiger partial charge is 0.231 e. The summed E-state index contributed by atoms with van der Waals surface area (Å²) in [5, 5.41) is 4.60. The Balaban J connectivity index is 1.89. The van der Waals surface area contributed by atoms with Gasteiger partial charge in [0, 0.05) is 17.7 Å². The van der Waals surface area contributed by atoms with E-state index in [1.165, 1.54) is 0 Å². The predicted octanol–water partition coefficient (Wildman–Crippen LogP) is 2.78. The molecule has 0 fully saturated rings. The van der Waals surface area contributed by atoms with Gasteiger partial charge in [-0.25, -0.2) is 9.50 Å². The molecule has 1 aromatic carbocycles. The SMILES string of the molecule is Clc1cc(-c2ccc3c(c2)OCO3)nc2ccnn12. The van der Waals surface area contributed by atoms with Gasteiger partial charge in [-0.1, -0.05) is 11.6 Å². The molecule has 2 aromatic heterocycles. The number of halogens is 1. The zero-order chi connectivity index (χ0) is 12.8. The molecule has 0 spiro atoms. The minimum absolute atomic E-state index is 0.259. The van der Waals surface area contributed by atoms with Gasteiger partial charge in [0.25, 0.3) is 0 Å². The van der Waals surface area contributed by atoms with E-state index in [0.29, 0.717) is 10.8 Å². The van der Waals surface area contributed by atoms with Crippen LogP contribution in [0.1, 0.15) is 0 Å². The molecule has 4 rings (SSSR count). The molecule has 0 bridgehead atoms. The van der Waals surface area contributed by atoms with Gasteiger partial charge in [-0.2, -0.15) is 5.10 Å². The zero-order valence-corrected chi connectivity index (χ0v) is 10.5. The largest absolute Gasteiger partial charge is 0.454 e. The Morgan fingerprint density at radius 1 is 1.11 bits per heavy atom. The van der Waals surface area contributed by atoms with Crippen molar-refractivity contribution in [3.05, 3.63) is 41.7 Å². The van der Waals surface area contributed by atoms with Crippen molar-refractivity contribution in [3.8, 4) is 22.8 Å². The van der Waals surface area contributed by atoms with Gasteiger partial charge in [0.05, 0.1) is 11.9 Å². The van der Waals surface area contributed by atoms with Gasteiger partial charge in [0.2, 0.25) is 6.79 Å². The first kappa shape index (κ1) is 10.6. The summed E-state index contributed by atoms with van der Waals surface area (Å²) in [5.74, 6) is 1.48. The highest BCUT2D eigenvalue weighted by atomic mass is 35.5. The second-order valence-electron chi connectivity index (χ2n) is 4.13. The Morgan fingerprint density at radius 3 is 2.95 bits per heavy atom. The molecule has 6 heteroatoms. The molecule has 0 atom stereocenters. The van der Waals surface area contributed by atoms with Gasteiger partial charge < -0.3 is 9.47 Å². The summed E-state index contributed by atoms with van der Waals surface area (Å²) in [6.07, 6.45) is 1.66. The molecular weight excluding hydrogens is 266 g/mol.